The van der Waals surface area contributed by atoms with Gasteiger partial charge in [-0.05, 0) is 42.3 Å². The monoisotopic (exact) mass is 543 g/mol. The Labute approximate surface area is 229 Å². The third-order valence-electron chi connectivity index (χ3n) is 6.59. The van der Waals surface area contributed by atoms with E-state index < -0.39 is 0 Å². The molecule has 0 aliphatic carbocycles. The van der Waals surface area contributed by atoms with Gasteiger partial charge in [-0.1, -0.05) is 30.3 Å². The van der Waals surface area contributed by atoms with E-state index in [0.717, 1.165) is 26.9 Å². The summed E-state index contributed by atoms with van der Waals surface area (Å²) in [4.78, 5) is 32.2. The number of nitrogens with zero attached hydrogens (tertiary/aromatic N) is 2. The zero-order valence-corrected chi connectivity index (χ0v) is 22.8. The number of nitrogens with one attached hydrogen (secondary N) is 1. The van der Waals surface area contributed by atoms with Crippen LogP contribution in [0.4, 0.5) is 0 Å². The molecule has 39 heavy (non-hydrogen) atoms. The van der Waals surface area contributed by atoms with Crippen molar-refractivity contribution in [2.45, 2.75) is 19.6 Å². The zero-order chi connectivity index (χ0) is 27.4. The first-order valence-electron chi connectivity index (χ1n) is 12.5. The average molecular weight is 544 g/mol. The molecule has 0 saturated carbocycles. The van der Waals surface area contributed by atoms with Gasteiger partial charge >= 0.3 is 0 Å². The minimum atomic E-state index is -0.233. The first-order chi connectivity index (χ1) is 19.0. The number of ether oxygens (including phenoxy) is 3. The molecule has 0 radical (unpaired) electrons. The molecule has 1 N–H and O–H groups in total. The highest BCUT2D eigenvalue weighted by atomic mass is 32.1. The molecule has 5 rings (SSSR count). The van der Waals surface area contributed by atoms with Gasteiger partial charge in [0.15, 0.2) is 11.5 Å². The van der Waals surface area contributed by atoms with Crippen LogP contribution in [0.15, 0.2) is 71.7 Å². The van der Waals surface area contributed by atoms with Gasteiger partial charge in [0.1, 0.15) is 0 Å². The van der Waals surface area contributed by atoms with Crippen LogP contribution in [0.5, 0.6) is 11.5 Å². The molecule has 200 valence electrons. The van der Waals surface area contributed by atoms with Gasteiger partial charge < -0.3 is 24.1 Å². The van der Waals surface area contributed by atoms with Crippen LogP contribution >= 0.6 is 11.3 Å². The van der Waals surface area contributed by atoms with E-state index in [1.54, 1.807) is 32.1 Å². The van der Waals surface area contributed by atoms with Gasteiger partial charge in [-0.15, -0.1) is 11.3 Å². The summed E-state index contributed by atoms with van der Waals surface area (Å²) < 4.78 is 18.7. The summed E-state index contributed by atoms with van der Waals surface area (Å²) in [5.74, 6) is 1.06. The zero-order valence-electron chi connectivity index (χ0n) is 22.0. The highest BCUT2D eigenvalue weighted by molar-refractivity contribution is 7.22. The molecule has 3 aromatic heterocycles. The van der Waals surface area contributed by atoms with Crippen molar-refractivity contribution in [1.82, 2.24) is 14.9 Å². The van der Waals surface area contributed by atoms with Gasteiger partial charge in [0.2, 0.25) is 0 Å². The number of fused-ring (bicyclic) bond motifs is 3. The Hall–Kier alpha value is -4.21. The number of pyridine rings is 2. The number of hydrogen-bond donors (Lipinski definition) is 1. The van der Waals surface area contributed by atoms with Crippen molar-refractivity contribution < 1.29 is 19.0 Å². The van der Waals surface area contributed by atoms with E-state index in [1.165, 1.54) is 11.3 Å². The molecule has 1 amide bonds. The summed E-state index contributed by atoms with van der Waals surface area (Å²) in [5, 5.41) is 4.45. The van der Waals surface area contributed by atoms with Crippen molar-refractivity contribution >= 4 is 38.2 Å². The molecule has 3 heterocycles. The molecule has 0 aliphatic heterocycles. The Balaban J connectivity index is 1.50. The predicted octanol–water partition coefficient (Wildman–Crippen LogP) is 4.80. The fraction of sp³-hybridized carbons (Fsp3) is 0.233. The first kappa shape index (κ1) is 26.4. The number of methoxy groups -OCH3 is 3. The molecule has 9 heteroatoms. The second-order valence-electron chi connectivity index (χ2n) is 8.97. The topological polar surface area (TPSA) is 91.7 Å². The third kappa shape index (κ3) is 5.23. The van der Waals surface area contributed by atoms with E-state index in [0.29, 0.717) is 46.8 Å². The van der Waals surface area contributed by atoms with Crippen LogP contribution in [-0.4, -0.2) is 43.3 Å². The van der Waals surface area contributed by atoms with Gasteiger partial charge in [-0.25, -0.2) is 0 Å². The van der Waals surface area contributed by atoms with Crippen molar-refractivity contribution in [2.24, 2.45) is 0 Å². The Morgan fingerprint density at radius 2 is 1.79 bits per heavy atom. The number of carbonyl (C=O) groups excluding carboxylic acids is 1. The van der Waals surface area contributed by atoms with E-state index >= 15 is 0 Å². The summed E-state index contributed by atoms with van der Waals surface area (Å²) >= 11 is 1.33. The lowest BCUT2D eigenvalue weighted by atomic mass is 10.1. The van der Waals surface area contributed by atoms with Crippen LogP contribution in [0, 0.1) is 0 Å². The summed E-state index contributed by atoms with van der Waals surface area (Å²) in [6.45, 7) is 0.889. The quantitative estimate of drug-likeness (QED) is 0.272. The van der Waals surface area contributed by atoms with Crippen LogP contribution < -0.4 is 20.3 Å². The minimum absolute atomic E-state index is 0.148. The van der Waals surface area contributed by atoms with Gasteiger partial charge in [0.25, 0.3) is 11.5 Å². The number of amides is 1. The van der Waals surface area contributed by atoms with Crippen LogP contribution in [0.3, 0.4) is 0 Å². The molecule has 0 unspecified atom stereocenters. The summed E-state index contributed by atoms with van der Waals surface area (Å²) in [6.07, 6.45) is 2.32. The van der Waals surface area contributed by atoms with Gasteiger partial charge in [-0.3, -0.25) is 14.6 Å². The lowest BCUT2D eigenvalue weighted by Gasteiger charge is -2.12. The van der Waals surface area contributed by atoms with Crippen molar-refractivity contribution in [3.8, 4) is 11.5 Å². The second-order valence-corrected chi connectivity index (χ2v) is 9.99. The molecule has 0 bridgehead atoms. The van der Waals surface area contributed by atoms with E-state index in [4.69, 9.17) is 14.2 Å². The number of para-hydroxylation sites is 1. The van der Waals surface area contributed by atoms with E-state index in [9.17, 15) is 9.59 Å². The highest BCUT2D eigenvalue weighted by Crippen LogP contribution is 2.35. The number of benzene rings is 2. The maximum atomic E-state index is 13.9. The highest BCUT2D eigenvalue weighted by Gasteiger charge is 2.24. The van der Waals surface area contributed by atoms with Crippen molar-refractivity contribution in [2.75, 3.05) is 27.9 Å². The summed E-state index contributed by atoms with van der Waals surface area (Å²) in [5.41, 5.74) is 3.02. The lowest BCUT2D eigenvalue weighted by molar-refractivity contribution is 0.0954. The lowest BCUT2D eigenvalue weighted by Crippen LogP contribution is -2.26. The number of hydrogen-bond acceptors (Lipinski definition) is 7. The number of carbonyl (C=O) groups is 1. The fourth-order valence-electron chi connectivity index (χ4n) is 4.74. The summed E-state index contributed by atoms with van der Waals surface area (Å²) in [6, 6.07) is 19.1. The summed E-state index contributed by atoms with van der Waals surface area (Å²) in [7, 11) is 4.75. The third-order valence-corrected chi connectivity index (χ3v) is 7.86. The van der Waals surface area contributed by atoms with Crippen LogP contribution in [0.1, 0.15) is 26.5 Å². The smallest absolute Gasteiger partial charge is 0.261 e. The SMILES string of the molecule is COCc1c(C(=O)NCCc2ccc(OC)c(OC)c2)sc2c1c(=O)n(Cc1ccccn1)c1ccccc21. The molecule has 2 aromatic carbocycles. The predicted molar refractivity (Wildman–Crippen MR) is 153 cm³/mol. The Morgan fingerprint density at radius 1 is 1.00 bits per heavy atom. The number of thiophene rings is 1. The molecule has 8 nitrogen and oxygen atoms in total. The van der Waals surface area contributed by atoms with Crippen molar-refractivity contribution in [1.29, 1.82) is 0 Å². The van der Waals surface area contributed by atoms with Crippen molar-refractivity contribution in [3.05, 3.63) is 98.9 Å². The normalized spacial score (nSPS) is 11.2. The average Bonchev–Trinajstić information content (AvgIpc) is 3.35. The largest absolute Gasteiger partial charge is 0.493 e. The van der Waals surface area contributed by atoms with Crippen molar-refractivity contribution in [3.63, 3.8) is 0 Å². The molecule has 5 aromatic rings. The Morgan fingerprint density at radius 3 is 2.54 bits per heavy atom. The molecular formula is C30H29N3O5S. The number of aromatic nitrogens is 2. The van der Waals surface area contributed by atoms with Gasteiger partial charge in [-0.2, -0.15) is 0 Å². The molecule has 0 aliphatic rings. The number of rotatable bonds is 10. The standard InChI is InChI=1S/C30H29N3O5S/c1-36-18-22-26-27(21-9-4-5-10-23(21)33(30(26)35)17-20-8-6-7-14-31-20)39-28(22)29(34)32-15-13-19-11-12-24(37-2)25(16-19)38-3/h4-12,14,16H,13,15,17-18H2,1-3H3,(H,32,34). The van der Waals surface area contributed by atoms with Gasteiger partial charge in [0.05, 0.1) is 53.5 Å². The minimum Gasteiger partial charge on any atom is -0.493 e. The fourth-order valence-corrected chi connectivity index (χ4v) is 5.99. The van der Waals surface area contributed by atoms with E-state index in [-0.39, 0.29) is 18.1 Å². The molecule has 0 fully saturated rings. The maximum Gasteiger partial charge on any atom is 0.261 e. The second kappa shape index (κ2) is 11.7. The Kier molecular flexibility index (Phi) is 7.90. The molecular weight excluding hydrogens is 514 g/mol. The van der Waals surface area contributed by atoms with Crippen LogP contribution in [-0.2, 0) is 24.3 Å². The van der Waals surface area contributed by atoms with Crippen LogP contribution in [0.25, 0.3) is 21.0 Å². The molecule has 0 atom stereocenters. The van der Waals surface area contributed by atoms with Crippen LogP contribution in [0.2, 0.25) is 0 Å². The molecule has 0 saturated heterocycles. The van der Waals surface area contributed by atoms with E-state index in [1.807, 2.05) is 60.7 Å². The first-order valence-corrected chi connectivity index (χ1v) is 13.3. The van der Waals surface area contributed by atoms with E-state index in [2.05, 4.69) is 10.3 Å². The maximum absolute atomic E-state index is 13.9. The van der Waals surface area contributed by atoms with Gasteiger partial charge in [0, 0.05) is 30.8 Å². The Bertz CT molecular complexity index is 1690. The molecule has 0 spiro atoms.